The minimum absolute atomic E-state index is 0.187. The zero-order valence-electron chi connectivity index (χ0n) is 10.1. The van der Waals surface area contributed by atoms with Gasteiger partial charge in [-0.1, -0.05) is 13.3 Å². The lowest BCUT2D eigenvalue weighted by atomic mass is 10.2. The maximum Gasteiger partial charge on any atom is 0.272 e. The van der Waals surface area contributed by atoms with E-state index in [9.17, 15) is 4.79 Å². The van der Waals surface area contributed by atoms with Crippen LogP contribution in [0.15, 0.2) is 39.6 Å². The van der Waals surface area contributed by atoms with Crippen molar-refractivity contribution < 1.29 is 9.21 Å². The molecule has 94 valence electrons. The summed E-state index contributed by atoms with van der Waals surface area (Å²) in [5.41, 5.74) is 3.96. The van der Waals surface area contributed by atoms with Crippen molar-refractivity contribution in [3.8, 4) is 0 Å². The molecule has 0 bridgehead atoms. The Morgan fingerprint density at radius 1 is 1.61 bits per heavy atom. The third-order valence-corrected chi connectivity index (χ3v) is 3.33. The average Bonchev–Trinajstić information content (AvgIpc) is 3.00. The second kappa shape index (κ2) is 6.16. The average molecular weight is 262 g/mol. The van der Waals surface area contributed by atoms with E-state index in [1.165, 1.54) is 4.88 Å². The predicted molar refractivity (Wildman–Crippen MR) is 72.1 cm³/mol. The highest BCUT2D eigenvalue weighted by Gasteiger charge is 2.07. The van der Waals surface area contributed by atoms with Gasteiger partial charge in [0.15, 0.2) is 0 Å². The molecule has 0 fully saturated rings. The summed E-state index contributed by atoms with van der Waals surface area (Å²) < 4.78 is 4.88. The molecule has 2 aromatic rings. The Balaban J connectivity index is 1.91. The van der Waals surface area contributed by atoms with Gasteiger partial charge in [-0.25, -0.2) is 5.43 Å². The maximum absolute atomic E-state index is 11.7. The third-order valence-electron chi connectivity index (χ3n) is 2.34. The number of hydrogen-bond acceptors (Lipinski definition) is 4. The molecule has 2 aromatic heterocycles. The van der Waals surface area contributed by atoms with Gasteiger partial charge in [-0.15, -0.1) is 11.3 Å². The van der Waals surface area contributed by atoms with Crippen molar-refractivity contribution in [2.24, 2.45) is 5.10 Å². The van der Waals surface area contributed by atoms with E-state index in [0.29, 0.717) is 5.56 Å². The molecule has 5 heteroatoms. The van der Waals surface area contributed by atoms with Gasteiger partial charge in [0.2, 0.25) is 0 Å². The largest absolute Gasteiger partial charge is 0.472 e. The highest BCUT2D eigenvalue weighted by molar-refractivity contribution is 7.10. The van der Waals surface area contributed by atoms with E-state index in [0.717, 1.165) is 18.4 Å². The summed E-state index contributed by atoms with van der Waals surface area (Å²) in [6.07, 6.45) is 6.75. The van der Waals surface area contributed by atoms with E-state index in [4.69, 9.17) is 4.42 Å². The van der Waals surface area contributed by atoms with Crippen LogP contribution in [0.3, 0.4) is 0 Å². The van der Waals surface area contributed by atoms with Crippen LogP contribution in [-0.2, 0) is 6.42 Å². The molecule has 1 N–H and O–H groups in total. The first-order valence-electron chi connectivity index (χ1n) is 5.72. The molecule has 0 saturated carbocycles. The first kappa shape index (κ1) is 12.6. The molecule has 18 heavy (non-hydrogen) atoms. The van der Waals surface area contributed by atoms with Gasteiger partial charge in [0.05, 0.1) is 24.3 Å². The monoisotopic (exact) mass is 262 g/mol. The molecule has 0 aliphatic rings. The van der Waals surface area contributed by atoms with Crippen LogP contribution in [0, 0.1) is 0 Å². The van der Waals surface area contributed by atoms with Crippen molar-refractivity contribution in [1.82, 2.24) is 5.43 Å². The number of carbonyl (C=O) groups is 1. The van der Waals surface area contributed by atoms with Crippen LogP contribution in [0.2, 0.25) is 0 Å². The molecule has 0 unspecified atom stereocenters. The van der Waals surface area contributed by atoms with Crippen LogP contribution < -0.4 is 5.43 Å². The molecule has 0 aliphatic carbocycles. The van der Waals surface area contributed by atoms with Gasteiger partial charge in [-0.05, 0) is 18.6 Å². The fourth-order valence-electron chi connectivity index (χ4n) is 1.46. The lowest BCUT2D eigenvalue weighted by Gasteiger charge is -1.94. The number of carbonyl (C=O) groups excluding carboxylic acids is 1. The van der Waals surface area contributed by atoms with Gasteiger partial charge in [0, 0.05) is 15.8 Å². The summed E-state index contributed by atoms with van der Waals surface area (Å²) in [7, 11) is 0. The summed E-state index contributed by atoms with van der Waals surface area (Å²) >= 11 is 1.61. The zero-order valence-corrected chi connectivity index (χ0v) is 10.9. The molecule has 1 amide bonds. The predicted octanol–water partition coefficient (Wildman–Crippen LogP) is 3.06. The molecule has 0 saturated heterocycles. The van der Waals surface area contributed by atoms with Crippen molar-refractivity contribution >= 4 is 23.5 Å². The molecule has 0 radical (unpaired) electrons. The van der Waals surface area contributed by atoms with Crippen molar-refractivity contribution in [3.63, 3.8) is 0 Å². The Morgan fingerprint density at radius 3 is 3.22 bits per heavy atom. The van der Waals surface area contributed by atoms with E-state index in [-0.39, 0.29) is 5.91 Å². The SMILES string of the molecule is CCCc1cc(C(=O)N/N=C/c2ccoc2)cs1. The highest BCUT2D eigenvalue weighted by atomic mass is 32.1. The Bertz CT molecular complexity index is 529. The lowest BCUT2D eigenvalue weighted by Crippen LogP contribution is -2.16. The van der Waals surface area contributed by atoms with Crippen LogP contribution in [-0.4, -0.2) is 12.1 Å². The van der Waals surface area contributed by atoms with E-state index >= 15 is 0 Å². The van der Waals surface area contributed by atoms with E-state index in [1.54, 1.807) is 36.1 Å². The number of rotatable bonds is 5. The Hall–Kier alpha value is -1.88. The third kappa shape index (κ3) is 3.30. The molecule has 2 heterocycles. The number of nitrogens with zero attached hydrogens (tertiary/aromatic N) is 1. The number of nitrogens with one attached hydrogen (secondary N) is 1. The molecule has 2 rings (SSSR count). The Kier molecular flexibility index (Phi) is 4.30. The van der Waals surface area contributed by atoms with Gasteiger partial charge >= 0.3 is 0 Å². The topological polar surface area (TPSA) is 54.6 Å². The van der Waals surface area contributed by atoms with Crippen LogP contribution in [0.25, 0.3) is 0 Å². The standard InChI is InChI=1S/C13H14N2O2S/c1-2-3-12-6-11(9-18-12)13(16)15-14-7-10-4-5-17-8-10/h4-9H,2-3H2,1H3,(H,15,16)/b14-7+. The summed E-state index contributed by atoms with van der Waals surface area (Å²) in [5, 5.41) is 5.72. The second-order valence-corrected chi connectivity index (χ2v) is 4.80. The Morgan fingerprint density at radius 2 is 2.50 bits per heavy atom. The first-order chi connectivity index (χ1) is 8.79. The molecular formula is C13H14N2O2S. The smallest absolute Gasteiger partial charge is 0.272 e. The Labute approximate surface area is 109 Å². The number of amides is 1. The molecular weight excluding hydrogens is 248 g/mol. The van der Waals surface area contributed by atoms with Gasteiger partial charge in [0.25, 0.3) is 5.91 Å². The molecule has 0 aromatic carbocycles. The molecule has 4 nitrogen and oxygen atoms in total. The van der Waals surface area contributed by atoms with Crippen LogP contribution in [0.1, 0.15) is 34.1 Å². The summed E-state index contributed by atoms with van der Waals surface area (Å²) in [5.74, 6) is -0.187. The second-order valence-electron chi connectivity index (χ2n) is 3.81. The number of aryl methyl sites for hydroxylation is 1. The highest BCUT2D eigenvalue weighted by Crippen LogP contribution is 2.16. The lowest BCUT2D eigenvalue weighted by molar-refractivity contribution is 0.0955. The van der Waals surface area contributed by atoms with Crippen molar-refractivity contribution in [2.45, 2.75) is 19.8 Å². The van der Waals surface area contributed by atoms with Gasteiger partial charge in [-0.3, -0.25) is 4.79 Å². The van der Waals surface area contributed by atoms with Crippen LogP contribution in [0.5, 0.6) is 0 Å². The molecule has 0 spiro atoms. The quantitative estimate of drug-likeness (QED) is 0.665. The number of hydrogen-bond donors (Lipinski definition) is 1. The zero-order chi connectivity index (χ0) is 12.8. The number of thiophene rings is 1. The fraction of sp³-hybridized carbons (Fsp3) is 0.231. The maximum atomic E-state index is 11.7. The van der Waals surface area contributed by atoms with Crippen molar-refractivity contribution in [2.75, 3.05) is 0 Å². The van der Waals surface area contributed by atoms with Crippen molar-refractivity contribution in [1.29, 1.82) is 0 Å². The minimum atomic E-state index is -0.187. The number of furan rings is 1. The fourth-order valence-corrected chi connectivity index (χ4v) is 2.43. The van der Waals surface area contributed by atoms with E-state index in [1.807, 2.05) is 11.4 Å². The first-order valence-corrected chi connectivity index (χ1v) is 6.60. The summed E-state index contributed by atoms with van der Waals surface area (Å²) in [6, 6.07) is 3.68. The van der Waals surface area contributed by atoms with Gasteiger partial charge in [-0.2, -0.15) is 5.10 Å². The minimum Gasteiger partial charge on any atom is -0.472 e. The molecule has 0 aliphatic heterocycles. The van der Waals surface area contributed by atoms with Crippen molar-refractivity contribution in [3.05, 3.63) is 46.0 Å². The van der Waals surface area contributed by atoms with Gasteiger partial charge in [0.1, 0.15) is 0 Å². The van der Waals surface area contributed by atoms with E-state index in [2.05, 4.69) is 17.5 Å². The van der Waals surface area contributed by atoms with Gasteiger partial charge < -0.3 is 4.42 Å². The normalized spacial score (nSPS) is 10.9. The number of hydrazone groups is 1. The van der Waals surface area contributed by atoms with Crippen LogP contribution >= 0.6 is 11.3 Å². The van der Waals surface area contributed by atoms with E-state index < -0.39 is 0 Å². The summed E-state index contributed by atoms with van der Waals surface area (Å²) in [6.45, 7) is 2.12. The summed E-state index contributed by atoms with van der Waals surface area (Å²) in [4.78, 5) is 13.0. The molecule has 0 atom stereocenters. The van der Waals surface area contributed by atoms with Crippen LogP contribution in [0.4, 0.5) is 0 Å².